The second-order valence-electron chi connectivity index (χ2n) is 12.7. The highest BCUT2D eigenvalue weighted by Gasteiger charge is 2.25. The number of aromatic nitrogens is 2. The minimum Gasteiger partial charge on any atom is -0.364 e. The summed E-state index contributed by atoms with van der Waals surface area (Å²) in [6, 6.07) is 31.6. The predicted molar refractivity (Wildman–Crippen MR) is 206 cm³/mol. The standard InChI is InChI=1S/C40H44N4.3ClH/c1-28-6-10-35(11-7-28)39-24-33(14-18-41-39)26-43-20-16-38(17-21-43)44(37-12-8-29(2)9-13-37)27-34-15-19-42-40(25-34)36-22-30(3)32(5)31(4)23-36;;;/h6-15,18-19,22-25,38H,16-17,20-21,26-27H2,1-5H3;3*1H. The second-order valence-corrected chi connectivity index (χ2v) is 12.7. The third-order valence-electron chi connectivity index (χ3n) is 9.34. The lowest BCUT2D eigenvalue weighted by Gasteiger charge is -2.40. The van der Waals surface area contributed by atoms with Gasteiger partial charge in [0.05, 0.1) is 11.4 Å². The maximum Gasteiger partial charge on any atom is 0.0705 e. The first-order valence-corrected chi connectivity index (χ1v) is 15.9. The first kappa shape index (κ1) is 38.0. The van der Waals surface area contributed by atoms with E-state index >= 15 is 0 Å². The van der Waals surface area contributed by atoms with Crippen molar-refractivity contribution in [3.63, 3.8) is 0 Å². The molecular formula is C40H47Cl3N4. The molecular weight excluding hydrogens is 643 g/mol. The molecule has 0 atom stereocenters. The number of anilines is 1. The second kappa shape index (κ2) is 17.1. The molecule has 0 saturated carbocycles. The van der Waals surface area contributed by atoms with Gasteiger partial charge in [-0.1, -0.05) is 47.5 Å². The first-order chi connectivity index (χ1) is 21.3. The molecule has 5 aromatic rings. The number of hydrogen-bond acceptors (Lipinski definition) is 4. The van der Waals surface area contributed by atoms with Crippen LogP contribution >= 0.6 is 37.2 Å². The molecule has 3 aromatic carbocycles. The largest absolute Gasteiger partial charge is 0.364 e. The van der Waals surface area contributed by atoms with Gasteiger partial charge in [-0.25, -0.2) is 0 Å². The molecule has 0 spiro atoms. The molecule has 1 saturated heterocycles. The van der Waals surface area contributed by atoms with E-state index in [2.05, 4.69) is 134 Å². The Bertz CT molecular complexity index is 1710. The van der Waals surface area contributed by atoms with Gasteiger partial charge in [0.1, 0.15) is 0 Å². The Morgan fingerprint density at radius 3 is 1.72 bits per heavy atom. The third kappa shape index (κ3) is 9.36. The zero-order valence-electron chi connectivity index (χ0n) is 28.1. The summed E-state index contributed by atoms with van der Waals surface area (Å²) in [5.74, 6) is 0. The summed E-state index contributed by atoms with van der Waals surface area (Å²) in [6.07, 6.45) is 6.21. The maximum atomic E-state index is 4.78. The van der Waals surface area contributed by atoms with E-state index in [0.29, 0.717) is 6.04 Å². The van der Waals surface area contributed by atoms with Crippen LogP contribution < -0.4 is 4.90 Å². The Balaban J connectivity index is 0.00000200. The van der Waals surface area contributed by atoms with Gasteiger partial charge in [-0.15, -0.1) is 37.2 Å². The molecule has 0 aliphatic carbocycles. The first-order valence-electron chi connectivity index (χ1n) is 15.9. The van der Waals surface area contributed by atoms with Crippen molar-refractivity contribution in [3.05, 3.63) is 136 Å². The van der Waals surface area contributed by atoms with Crippen molar-refractivity contribution in [3.8, 4) is 22.5 Å². The number of nitrogens with zero attached hydrogens (tertiary/aromatic N) is 4. The van der Waals surface area contributed by atoms with Crippen LogP contribution in [0.2, 0.25) is 0 Å². The fraction of sp³-hybridized carbons (Fsp3) is 0.300. The topological polar surface area (TPSA) is 32.3 Å². The Labute approximate surface area is 299 Å². The third-order valence-corrected chi connectivity index (χ3v) is 9.34. The molecule has 0 unspecified atom stereocenters. The van der Waals surface area contributed by atoms with E-state index in [1.165, 1.54) is 55.8 Å². The number of likely N-dealkylation sites (tertiary alicyclic amines) is 1. The molecule has 3 heterocycles. The average Bonchev–Trinajstić information content (AvgIpc) is 3.04. The highest BCUT2D eigenvalue weighted by Crippen LogP contribution is 2.29. The van der Waals surface area contributed by atoms with Crippen molar-refractivity contribution in [2.75, 3.05) is 18.0 Å². The summed E-state index contributed by atoms with van der Waals surface area (Å²) in [7, 11) is 0. The van der Waals surface area contributed by atoms with Gasteiger partial charge in [0.25, 0.3) is 0 Å². The van der Waals surface area contributed by atoms with Gasteiger partial charge in [0, 0.05) is 61.4 Å². The van der Waals surface area contributed by atoms with E-state index in [-0.39, 0.29) is 37.2 Å². The van der Waals surface area contributed by atoms with Crippen LogP contribution in [0.3, 0.4) is 0 Å². The Morgan fingerprint density at radius 2 is 1.13 bits per heavy atom. The van der Waals surface area contributed by atoms with Crippen LogP contribution in [0.5, 0.6) is 0 Å². The van der Waals surface area contributed by atoms with Gasteiger partial charge >= 0.3 is 0 Å². The van der Waals surface area contributed by atoms with Crippen molar-refractivity contribution < 1.29 is 0 Å². The fourth-order valence-corrected chi connectivity index (χ4v) is 6.38. The quantitative estimate of drug-likeness (QED) is 0.162. The zero-order chi connectivity index (χ0) is 30.6. The van der Waals surface area contributed by atoms with Gasteiger partial charge < -0.3 is 4.90 Å². The summed E-state index contributed by atoms with van der Waals surface area (Å²) in [6.45, 7) is 14.9. The molecule has 7 heteroatoms. The van der Waals surface area contributed by atoms with Crippen molar-refractivity contribution in [1.82, 2.24) is 14.9 Å². The number of hydrogen-bond donors (Lipinski definition) is 0. The van der Waals surface area contributed by atoms with Crippen molar-refractivity contribution >= 4 is 42.9 Å². The van der Waals surface area contributed by atoms with E-state index in [0.717, 1.165) is 50.4 Å². The molecule has 1 fully saturated rings. The molecule has 0 N–H and O–H groups in total. The van der Waals surface area contributed by atoms with E-state index in [4.69, 9.17) is 4.98 Å². The summed E-state index contributed by atoms with van der Waals surface area (Å²) >= 11 is 0. The predicted octanol–water partition coefficient (Wildman–Crippen LogP) is 10.3. The molecule has 4 nitrogen and oxygen atoms in total. The highest BCUT2D eigenvalue weighted by atomic mass is 35.5. The molecule has 47 heavy (non-hydrogen) atoms. The number of piperidine rings is 1. The number of benzene rings is 3. The molecule has 248 valence electrons. The average molecular weight is 690 g/mol. The molecule has 1 aliphatic rings. The summed E-state index contributed by atoms with van der Waals surface area (Å²) in [5, 5.41) is 0. The SMILES string of the molecule is Cc1ccc(-c2cc(CN3CCC(N(Cc4ccnc(-c5cc(C)c(C)c(C)c5)c4)c4ccc(C)cc4)CC3)ccn2)cc1.Cl.Cl.Cl. The molecule has 0 radical (unpaired) electrons. The van der Waals surface area contributed by atoms with Crippen LogP contribution in [-0.2, 0) is 13.1 Å². The van der Waals surface area contributed by atoms with E-state index in [1.807, 2.05) is 12.4 Å². The minimum atomic E-state index is 0. The lowest BCUT2D eigenvalue weighted by atomic mass is 9.97. The van der Waals surface area contributed by atoms with Crippen LogP contribution in [0.15, 0.2) is 97.3 Å². The Hall–Kier alpha value is -3.41. The highest BCUT2D eigenvalue weighted by molar-refractivity contribution is 5.86. The lowest BCUT2D eigenvalue weighted by molar-refractivity contribution is 0.201. The minimum absolute atomic E-state index is 0. The molecule has 1 aliphatic heterocycles. The van der Waals surface area contributed by atoms with Crippen LogP contribution in [0.25, 0.3) is 22.5 Å². The van der Waals surface area contributed by atoms with Crippen LogP contribution in [0.4, 0.5) is 5.69 Å². The van der Waals surface area contributed by atoms with Gasteiger partial charge in [-0.05, 0) is 124 Å². The van der Waals surface area contributed by atoms with Gasteiger partial charge in [-0.2, -0.15) is 0 Å². The van der Waals surface area contributed by atoms with E-state index in [9.17, 15) is 0 Å². The molecule has 0 bridgehead atoms. The summed E-state index contributed by atoms with van der Waals surface area (Å²) in [4.78, 5) is 14.7. The zero-order valence-corrected chi connectivity index (χ0v) is 30.5. The van der Waals surface area contributed by atoms with E-state index < -0.39 is 0 Å². The van der Waals surface area contributed by atoms with Gasteiger partial charge in [-0.3, -0.25) is 14.9 Å². The summed E-state index contributed by atoms with van der Waals surface area (Å²) < 4.78 is 0. The summed E-state index contributed by atoms with van der Waals surface area (Å²) in [5.41, 5.74) is 15.0. The normalized spacial score (nSPS) is 13.2. The van der Waals surface area contributed by atoms with Crippen molar-refractivity contribution in [2.24, 2.45) is 0 Å². The number of pyridine rings is 2. The smallest absolute Gasteiger partial charge is 0.0705 e. The molecule has 6 rings (SSSR count). The van der Waals surface area contributed by atoms with Crippen LogP contribution in [0.1, 0.15) is 51.8 Å². The van der Waals surface area contributed by atoms with Crippen molar-refractivity contribution in [1.29, 1.82) is 0 Å². The Morgan fingerprint density at radius 1 is 0.617 bits per heavy atom. The Kier molecular flexibility index (Phi) is 13.9. The van der Waals surface area contributed by atoms with Crippen LogP contribution in [0, 0.1) is 34.6 Å². The number of halogens is 3. The number of aryl methyl sites for hydroxylation is 4. The van der Waals surface area contributed by atoms with Gasteiger partial charge in [0.2, 0.25) is 0 Å². The van der Waals surface area contributed by atoms with Crippen LogP contribution in [-0.4, -0.2) is 34.0 Å². The lowest BCUT2D eigenvalue weighted by Crippen LogP contribution is -2.44. The molecule has 0 amide bonds. The maximum absolute atomic E-state index is 4.78. The van der Waals surface area contributed by atoms with E-state index in [1.54, 1.807) is 0 Å². The number of rotatable bonds is 8. The molecule has 2 aromatic heterocycles. The fourth-order valence-electron chi connectivity index (χ4n) is 6.38. The van der Waals surface area contributed by atoms with Crippen molar-refractivity contribution in [2.45, 2.75) is 66.6 Å². The van der Waals surface area contributed by atoms with Gasteiger partial charge in [0.15, 0.2) is 0 Å². The monoisotopic (exact) mass is 688 g/mol.